The number of amides is 2. The summed E-state index contributed by atoms with van der Waals surface area (Å²) in [6.45, 7) is 5.60. The van der Waals surface area contributed by atoms with E-state index in [0.717, 1.165) is 25.9 Å². The van der Waals surface area contributed by atoms with Crippen molar-refractivity contribution in [3.8, 4) is 0 Å². The molecule has 2 aromatic carbocycles. The Balaban J connectivity index is 1.95. The van der Waals surface area contributed by atoms with Crippen molar-refractivity contribution in [2.45, 2.75) is 26.7 Å². The third-order valence-corrected chi connectivity index (χ3v) is 4.45. The lowest BCUT2D eigenvalue weighted by molar-refractivity contribution is 0.0755. The minimum atomic E-state index is -0.323. The molecule has 2 aromatic rings. The molecule has 0 spiro atoms. The Morgan fingerprint density at radius 1 is 0.929 bits per heavy atom. The first-order chi connectivity index (χ1) is 13.4. The van der Waals surface area contributed by atoms with Crippen molar-refractivity contribution in [1.29, 1.82) is 0 Å². The van der Waals surface area contributed by atoms with Gasteiger partial charge in [0, 0.05) is 34.9 Å². The lowest BCUT2D eigenvalue weighted by Crippen LogP contribution is -2.34. The van der Waals surface area contributed by atoms with Crippen LogP contribution in [0.5, 0.6) is 0 Å². The fourth-order valence-electron chi connectivity index (χ4n) is 2.67. The van der Waals surface area contributed by atoms with E-state index in [-0.39, 0.29) is 16.9 Å². The molecular weight excluding hydrogens is 394 g/mol. The summed E-state index contributed by atoms with van der Waals surface area (Å²) >= 11 is 11.0. The topological polar surface area (TPSA) is 61.4 Å². The fraction of sp³-hybridized carbons (Fsp3) is 0.286. The molecule has 0 bridgehead atoms. The van der Waals surface area contributed by atoms with Gasteiger partial charge in [0.1, 0.15) is 0 Å². The molecule has 0 fully saturated rings. The Morgan fingerprint density at radius 3 is 2.00 bits per heavy atom. The van der Waals surface area contributed by atoms with E-state index in [9.17, 15) is 9.59 Å². The van der Waals surface area contributed by atoms with Gasteiger partial charge in [-0.05, 0) is 73.6 Å². The molecule has 2 N–H and O–H groups in total. The summed E-state index contributed by atoms with van der Waals surface area (Å²) in [4.78, 5) is 26.6. The first-order valence-electron chi connectivity index (χ1n) is 9.21. The number of hydrogen-bond acceptors (Lipinski definition) is 3. The highest BCUT2D eigenvalue weighted by Crippen LogP contribution is 2.13. The van der Waals surface area contributed by atoms with Crippen LogP contribution in [-0.2, 0) is 0 Å². The van der Waals surface area contributed by atoms with Crippen LogP contribution in [0.2, 0.25) is 5.02 Å². The molecule has 7 heteroatoms. The van der Waals surface area contributed by atoms with Gasteiger partial charge in [-0.1, -0.05) is 25.4 Å². The maximum Gasteiger partial charge on any atom is 0.257 e. The third-order valence-electron chi connectivity index (χ3n) is 4.00. The van der Waals surface area contributed by atoms with Gasteiger partial charge in [0.2, 0.25) is 0 Å². The second-order valence-electron chi connectivity index (χ2n) is 6.28. The van der Waals surface area contributed by atoms with Gasteiger partial charge in [0.25, 0.3) is 11.8 Å². The summed E-state index contributed by atoms with van der Waals surface area (Å²) < 4.78 is 0. The van der Waals surface area contributed by atoms with Crippen LogP contribution >= 0.6 is 23.8 Å². The van der Waals surface area contributed by atoms with Crippen LogP contribution in [0.15, 0.2) is 48.5 Å². The quantitative estimate of drug-likeness (QED) is 0.639. The van der Waals surface area contributed by atoms with Crippen molar-refractivity contribution in [1.82, 2.24) is 10.2 Å². The molecule has 5 nitrogen and oxygen atoms in total. The van der Waals surface area contributed by atoms with Crippen molar-refractivity contribution in [3.05, 3.63) is 64.7 Å². The van der Waals surface area contributed by atoms with E-state index >= 15 is 0 Å². The minimum Gasteiger partial charge on any atom is -0.339 e. The highest BCUT2D eigenvalue weighted by atomic mass is 35.5. The summed E-state index contributed by atoms with van der Waals surface area (Å²) in [5.41, 5.74) is 1.78. The zero-order valence-electron chi connectivity index (χ0n) is 16.0. The van der Waals surface area contributed by atoms with Crippen LogP contribution in [0, 0.1) is 0 Å². The SMILES string of the molecule is CCCN(CCC)C(=O)c1ccc(NC(=S)NC(=O)c2ccc(Cl)cc2)cc1. The Kier molecular flexibility index (Phi) is 8.42. The smallest absolute Gasteiger partial charge is 0.257 e. The second-order valence-corrected chi connectivity index (χ2v) is 7.13. The van der Waals surface area contributed by atoms with Gasteiger partial charge in [-0.15, -0.1) is 0 Å². The van der Waals surface area contributed by atoms with E-state index in [2.05, 4.69) is 24.5 Å². The second kappa shape index (κ2) is 10.8. The van der Waals surface area contributed by atoms with E-state index < -0.39 is 0 Å². The fourth-order valence-corrected chi connectivity index (χ4v) is 3.01. The van der Waals surface area contributed by atoms with Gasteiger partial charge in [-0.25, -0.2) is 0 Å². The number of hydrogen-bond donors (Lipinski definition) is 2. The van der Waals surface area contributed by atoms with Crippen molar-refractivity contribution in [2.75, 3.05) is 18.4 Å². The average Bonchev–Trinajstić information content (AvgIpc) is 2.68. The molecule has 0 aliphatic rings. The number of rotatable bonds is 7. The molecule has 0 radical (unpaired) electrons. The van der Waals surface area contributed by atoms with Crippen LogP contribution < -0.4 is 10.6 Å². The number of halogens is 1. The van der Waals surface area contributed by atoms with Gasteiger partial charge >= 0.3 is 0 Å². The highest BCUT2D eigenvalue weighted by molar-refractivity contribution is 7.80. The van der Waals surface area contributed by atoms with Gasteiger partial charge in [-0.3, -0.25) is 14.9 Å². The van der Waals surface area contributed by atoms with E-state index in [1.54, 1.807) is 48.5 Å². The first kappa shape index (κ1) is 21.9. The maximum atomic E-state index is 12.6. The number of thiocarbonyl (C=S) groups is 1. The molecule has 0 aromatic heterocycles. The molecule has 0 saturated carbocycles. The molecule has 0 heterocycles. The van der Waals surface area contributed by atoms with Crippen LogP contribution in [0.1, 0.15) is 47.4 Å². The molecule has 0 unspecified atom stereocenters. The van der Waals surface area contributed by atoms with E-state index in [0.29, 0.717) is 21.8 Å². The van der Waals surface area contributed by atoms with Gasteiger partial charge in [-0.2, -0.15) is 0 Å². The molecule has 2 amide bonds. The lowest BCUT2D eigenvalue weighted by Gasteiger charge is -2.21. The minimum absolute atomic E-state index is 0.0221. The monoisotopic (exact) mass is 417 g/mol. The third kappa shape index (κ3) is 6.32. The number of carbonyl (C=O) groups is 2. The molecule has 148 valence electrons. The lowest BCUT2D eigenvalue weighted by atomic mass is 10.1. The number of nitrogens with zero attached hydrogens (tertiary/aromatic N) is 1. The molecule has 2 rings (SSSR count). The van der Waals surface area contributed by atoms with Crippen LogP contribution in [0.3, 0.4) is 0 Å². The van der Waals surface area contributed by atoms with E-state index in [1.165, 1.54) is 0 Å². The number of carbonyl (C=O) groups excluding carboxylic acids is 2. The average molecular weight is 418 g/mol. The molecule has 0 saturated heterocycles. The normalized spacial score (nSPS) is 10.2. The summed E-state index contributed by atoms with van der Waals surface area (Å²) in [5.74, 6) is -0.301. The number of anilines is 1. The molecule has 28 heavy (non-hydrogen) atoms. The molecular formula is C21H24ClN3O2S. The molecule has 0 aliphatic heterocycles. The van der Waals surface area contributed by atoms with Crippen LogP contribution in [0.4, 0.5) is 5.69 Å². The Labute approximate surface area is 176 Å². The molecule has 0 aliphatic carbocycles. The standard InChI is InChI=1S/C21H24ClN3O2S/c1-3-13-25(14-4-2)20(27)16-7-11-18(12-8-16)23-21(28)24-19(26)15-5-9-17(22)10-6-15/h5-12H,3-4,13-14H2,1-2H3,(H2,23,24,26,28). The predicted octanol–water partition coefficient (Wildman–Crippen LogP) is 4.73. The maximum absolute atomic E-state index is 12.6. The van der Waals surface area contributed by atoms with Crippen molar-refractivity contribution < 1.29 is 9.59 Å². The zero-order valence-corrected chi connectivity index (χ0v) is 17.6. The van der Waals surface area contributed by atoms with Crippen molar-refractivity contribution >= 4 is 46.4 Å². The predicted molar refractivity (Wildman–Crippen MR) is 118 cm³/mol. The van der Waals surface area contributed by atoms with Crippen LogP contribution in [-0.4, -0.2) is 34.9 Å². The Bertz CT molecular complexity index is 817. The van der Waals surface area contributed by atoms with E-state index in [1.807, 2.05) is 4.90 Å². The first-order valence-corrected chi connectivity index (χ1v) is 10.0. The summed E-state index contributed by atoms with van der Waals surface area (Å²) in [7, 11) is 0. The number of nitrogens with one attached hydrogen (secondary N) is 2. The van der Waals surface area contributed by atoms with Gasteiger partial charge in [0.15, 0.2) is 5.11 Å². The Hall–Kier alpha value is -2.44. The van der Waals surface area contributed by atoms with Gasteiger partial charge < -0.3 is 10.2 Å². The van der Waals surface area contributed by atoms with Crippen LogP contribution in [0.25, 0.3) is 0 Å². The van der Waals surface area contributed by atoms with Gasteiger partial charge in [0.05, 0.1) is 0 Å². The summed E-state index contributed by atoms with van der Waals surface area (Å²) in [6.07, 6.45) is 1.85. The summed E-state index contributed by atoms with van der Waals surface area (Å²) in [6, 6.07) is 13.6. The summed E-state index contributed by atoms with van der Waals surface area (Å²) in [5, 5.41) is 6.30. The molecule has 0 atom stereocenters. The zero-order chi connectivity index (χ0) is 20.5. The number of benzene rings is 2. The highest BCUT2D eigenvalue weighted by Gasteiger charge is 2.14. The van der Waals surface area contributed by atoms with Crippen molar-refractivity contribution in [2.24, 2.45) is 0 Å². The van der Waals surface area contributed by atoms with E-state index in [4.69, 9.17) is 23.8 Å². The Morgan fingerprint density at radius 2 is 1.46 bits per heavy atom. The largest absolute Gasteiger partial charge is 0.339 e. The van der Waals surface area contributed by atoms with Crippen molar-refractivity contribution in [3.63, 3.8) is 0 Å².